The molecular formula is C12H11BrClNO. The fourth-order valence-electron chi connectivity index (χ4n) is 1.71. The van der Waals surface area contributed by atoms with Crippen molar-refractivity contribution in [2.24, 2.45) is 0 Å². The molecule has 0 radical (unpaired) electrons. The van der Waals surface area contributed by atoms with Gasteiger partial charge >= 0.3 is 0 Å². The Morgan fingerprint density at radius 2 is 2.12 bits per heavy atom. The van der Waals surface area contributed by atoms with Gasteiger partial charge in [-0.1, -0.05) is 27.5 Å². The van der Waals surface area contributed by atoms with Crippen molar-refractivity contribution in [2.75, 3.05) is 7.05 Å². The van der Waals surface area contributed by atoms with Crippen molar-refractivity contribution in [1.29, 1.82) is 0 Å². The van der Waals surface area contributed by atoms with E-state index in [4.69, 9.17) is 16.0 Å². The van der Waals surface area contributed by atoms with Gasteiger partial charge in [0.1, 0.15) is 0 Å². The number of hydrogen-bond donors (Lipinski definition) is 1. The number of furan rings is 1. The molecular weight excluding hydrogens is 289 g/mol. The number of nitrogens with one attached hydrogen (secondary N) is 1. The third kappa shape index (κ3) is 2.48. The highest BCUT2D eigenvalue weighted by Crippen LogP contribution is 2.27. The van der Waals surface area contributed by atoms with Gasteiger partial charge < -0.3 is 9.73 Å². The molecule has 1 unspecified atom stereocenters. The summed E-state index contributed by atoms with van der Waals surface area (Å²) in [6, 6.07) is 7.89. The van der Waals surface area contributed by atoms with Crippen LogP contribution in [0, 0.1) is 0 Å². The van der Waals surface area contributed by atoms with Gasteiger partial charge in [-0.2, -0.15) is 0 Å². The molecule has 0 spiro atoms. The first-order chi connectivity index (χ1) is 7.70. The fraction of sp³-hybridized carbons (Fsp3) is 0.167. The molecule has 0 amide bonds. The summed E-state index contributed by atoms with van der Waals surface area (Å²) < 4.78 is 6.07. The Kier molecular flexibility index (Phi) is 3.69. The van der Waals surface area contributed by atoms with Gasteiger partial charge in [0.05, 0.1) is 18.6 Å². The Bertz CT molecular complexity index is 450. The van der Waals surface area contributed by atoms with Crippen molar-refractivity contribution in [1.82, 2.24) is 5.32 Å². The Hall–Kier alpha value is -0.770. The van der Waals surface area contributed by atoms with E-state index in [-0.39, 0.29) is 6.04 Å². The van der Waals surface area contributed by atoms with Crippen molar-refractivity contribution in [3.05, 3.63) is 57.4 Å². The molecule has 1 N–H and O–H groups in total. The zero-order chi connectivity index (χ0) is 11.5. The Morgan fingerprint density at radius 1 is 1.31 bits per heavy atom. The molecule has 0 aliphatic rings. The summed E-state index contributed by atoms with van der Waals surface area (Å²) in [6.45, 7) is 0. The Balaban J connectivity index is 2.41. The smallest absolute Gasteiger partial charge is 0.0953 e. The van der Waals surface area contributed by atoms with Crippen LogP contribution in [0.1, 0.15) is 17.2 Å². The minimum absolute atomic E-state index is 0.0914. The average Bonchev–Trinajstić information content (AvgIpc) is 2.70. The molecule has 2 nitrogen and oxygen atoms in total. The van der Waals surface area contributed by atoms with Crippen LogP contribution < -0.4 is 5.32 Å². The summed E-state index contributed by atoms with van der Waals surface area (Å²) in [6.07, 6.45) is 3.40. The molecule has 1 heterocycles. The molecule has 2 rings (SSSR count). The standard InChI is InChI=1S/C12H11BrClNO/c1-15-12(8-2-3-16-7-8)9-4-10(13)6-11(14)5-9/h2-7,12,15H,1H3. The topological polar surface area (TPSA) is 25.2 Å². The highest BCUT2D eigenvalue weighted by atomic mass is 79.9. The van der Waals surface area contributed by atoms with Crippen molar-refractivity contribution >= 4 is 27.5 Å². The minimum atomic E-state index is 0.0914. The Morgan fingerprint density at radius 3 is 2.69 bits per heavy atom. The first-order valence-corrected chi connectivity index (χ1v) is 6.03. The molecule has 1 aromatic heterocycles. The van der Waals surface area contributed by atoms with E-state index in [0.717, 1.165) is 15.6 Å². The summed E-state index contributed by atoms with van der Waals surface area (Å²) in [5.74, 6) is 0. The lowest BCUT2D eigenvalue weighted by Gasteiger charge is -2.15. The molecule has 0 saturated carbocycles. The van der Waals surface area contributed by atoms with Crippen LogP contribution in [-0.2, 0) is 0 Å². The van der Waals surface area contributed by atoms with Crippen LogP contribution >= 0.6 is 27.5 Å². The second-order valence-electron chi connectivity index (χ2n) is 3.48. The van der Waals surface area contributed by atoms with Gasteiger partial charge in [-0.15, -0.1) is 0 Å². The van der Waals surface area contributed by atoms with Gasteiger partial charge in [0.15, 0.2) is 0 Å². The molecule has 84 valence electrons. The van der Waals surface area contributed by atoms with Crippen LogP contribution in [-0.4, -0.2) is 7.05 Å². The summed E-state index contributed by atoms with van der Waals surface area (Å²) >= 11 is 9.47. The second kappa shape index (κ2) is 5.04. The summed E-state index contributed by atoms with van der Waals surface area (Å²) in [4.78, 5) is 0. The molecule has 1 aromatic carbocycles. The molecule has 0 fully saturated rings. The van der Waals surface area contributed by atoms with E-state index in [1.165, 1.54) is 0 Å². The quantitative estimate of drug-likeness (QED) is 0.926. The van der Waals surface area contributed by atoms with Crippen LogP contribution in [0.5, 0.6) is 0 Å². The van der Waals surface area contributed by atoms with Gasteiger partial charge in [0.25, 0.3) is 0 Å². The molecule has 1 atom stereocenters. The van der Waals surface area contributed by atoms with Gasteiger partial charge in [-0.3, -0.25) is 0 Å². The molecule has 0 saturated heterocycles. The normalized spacial score (nSPS) is 12.7. The third-order valence-corrected chi connectivity index (χ3v) is 3.06. The number of rotatable bonds is 3. The highest BCUT2D eigenvalue weighted by molar-refractivity contribution is 9.10. The van der Waals surface area contributed by atoms with Crippen molar-refractivity contribution in [3.8, 4) is 0 Å². The number of benzene rings is 1. The number of halogens is 2. The molecule has 0 aliphatic heterocycles. The maximum absolute atomic E-state index is 6.03. The lowest BCUT2D eigenvalue weighted by atomic mass is 10.0. The minimum Gasteiger partial charge on any atom is -0.472 e. The van der Waals surface area contributed by atoms with E-state index in [1.54, 1.807) is 12.5 Å². The summed E-state index contributed by atoms with van der Waals surface area (Å²) in [7, 11) is 1.91. The average molecular weight is 301 g/mol. The van der Waals surface area contributed by atoms with E-state index in [2.05, 4.69) is 21.2 Å². The van der Waals surface area contributed by atoms with Crippen LogP contribution in [0.3, 0.4) is 0 Å². The lowest BCUT2D eigenvalue weighted by molar-refractivity contribution is 0.557. The van der Waals surface area contributed by atoms with Crippen molar-refractivity contribution < 1.29 is 4.42 Å². The lowest BCUT2D eigenvalue weighted by Crippen LogP contribution is -2.16. The zero-order valence-electron chi connectivity index (χ0n) is 8.71. The summed E-state index contributed by atoms with van der Waals surface area (Å²) in [5, 5.41) is 3.95. The van der Waals surface area contributed by atoms with Crippen molar-refractivity contribution in [2.45, 2.75) is 6.04 Å². The van der Waals surface area contributed by atoms with Gasteiger partial charge in [0.2, 0.25) is 0 Å². The van der Waals surface area contributed by atoms with Crippen LogP contribution in [0.4, 0.5) is 0 Å². The van der Waals surface area contributed by atoms with E-state index >= 15 is 0 Å². The molecule has 2 aromatic rings. The van der Waals surface area contributed by atoms with E-state index in [9.17, 15) is 0 Å². The predicted molar refractivity (Wildman–Crippen MR) is 68.8 cm³/mol. The zero-order valence-corrected chi connectivity index (χ0v) is 11.0. The predicted octanol–water partition coefficient (Wildman–Crippen LogP) is 4.00. The fourth-order valence-corrected chi connectivity index (χ4v) is 2.59. The summed E-state index contributed by atoms with van der Waals surface area (Å²) in [5.41, 5.74) is 2.18. The van der Waals surface area contributed by atoms with Crippen LogP contribution in [0.15, 0.2) is 45.7 Å². The van der Waals surface area contributed by atoms with Gasteiger partial charge in [-0.25, -0.2) is 0 Å². The second-order valence-corrected chi connectivity index (χ2v) is 4.83. The maximum atomic E-state index is 6.03. The largest absolute Gasteiger partial charge is 0.472 e. The van der Waals surface area contributed by atoms with Gasteiger partial charge in [-0.05, 0) is 36.9 Å². The maximum Gasteiger partial charge on any atom is 0.0953 e. The van der Waals surface area contributed by atoms with E-state index < -0.39 is 0 Å². The molecule has 0 aliphatic carbocycles. The number of hydrogen-bond acceptors (Lipinski definition) is 2. The molecule has 0 bridgehead atoms. The van der Waals surface area contributed by atoms with Crippen LogP contribution in [0.2, 0.25) is 5.02 Å². The molecule has 16 heavy (non-hydrogen) atoms. The SMILES string of the molecule is CNC(c1ccoc1)c1cc(Cl)cc(Br)c1. The molecule has 4 heteroatoms. The van der Waals surface area contributed by atoms with Crippen LogP contribution in [0.25, 0.3) is 0 Å². The first-order valence-electron chi connectivity index (χ1n) is 4.86. The first kappa shape index (κ1) is 11.7. The van der Waals surface area contributed by atoms with E-state index in [1.807, 2.05) is 31.3 Å². The van der Waals surface area contributed by atoms with Gasteiger partial charge in [0, 0.05) is 15.1 Å². The highest BCUT2D eigenvalue weighted by Gasteiger charge is 2.13. The Labute approximate surface area is 108 Å². The monoisotopic (exact) mass is 299 g/mol. The van der Waals surface area contributed by atoms with Crippen molar-refractivity contribution in [3.63, 3.8) is 0 Å². The third-order valence-electron chi connectivity index (χ3n) is 2.38. The van der Waals surface area contributed by atoms with E-state index in [0.29, 0.717) is 5.02 Å².